The fourth-order valence-electron chi connectivity index (χ4n) is 3.86. The average molecular weight is 409 g/mol. The van der Waals surface area contributed by atoms with E-state index in [0.717, 1.165) is 16.5 Å². The number of fused-ring (bicyclic) bond motifs is 1. The molecule has 1 fully saturated rings. The molecule has 3 aromatic rings. The van der Waals surface area contributed by atoms with Crippen molar-refractivity contribution >= 4 is 16.8 Å². The smallest absolute Gasteiger partial charge is 0.237 e. The summed E-state index contributed by atoms with van der Waals surface area (Å²) in [4.78, 5) is 25.6. The number of para-hydroxylation sites is 1. The molecule has 1 amide bonds. The van der Waals surface area contributed by atoms with Crippen LogP contribution in [0, 0.1) is 6.92 Å². The highest BCUT2D eigenvalue weighted by molar-refractivity contribution is 5.82. The molecule has 0 N–H and O–H groups in total. The van der Waals surface area contributed by atoms with Gasteiger partial charge in [0, 0.05) is 44.2 Å². The lowest BCUT2D eigenvalue weighted by atomic mass is 10.1. The van der Waals surface area contributed by atoms with Crippen molar-refractivity contribution in [1.29, 1.82) is 0 Å². The van der Waals surface area contributed by atoms with Crippen LogP contribution in [0.25, 0.3) is 10.9 Å². The van der Waals surface area contributed by atoms with Gasteiger partial charge in [0.05, 0.1) is 18.2 Å². The summed E-state index contributed by atoms with van der Waals surface area (Å²) < 4.78 is 11.1. The van der Waals surface area contributed by atoms with Crippen molar-refractivity contribution in [3.63, 3.8) is 0 Å². The van der Waals surface area contributed by atoms with Gasteiger partial charge in [-0.05, 0) is 31.5 Å². The van der Waals surface area contributed by atoms with Gasteiger partial charge in [0.25, 0.3) is 0 Å². The number of aromatic nitrogens is 3. The zero-order chi connectivity index (χ0) is 21.1. The van der Waals surface area contributed by atoms with Gasteiger partial charge in [-0.15, -0.1) is 0 Å². The van der Waals surface area contributed by atoms with Crippen molar-refractivity contribution in [2.75, 3.05) is 19.6 Å². The molecule has 2 aromatic heterocycles. The van der Waals surface area contributed by atoms with Crippen LogP contribution in [0.5, 0.6) is 0 Å². The number of hydrogen-bond acceptors (Lipinski definition) is 7. The summed E-state index contributed by atoms with van der Waals surface area (Å²) in [5.74, 6) is 1.15. The molecule has 8 nitrogen and oxygen atoms in total. The van der Waals surface area contributed by atoms with Crippen LogP contribution in [0.3, 0.4) is 0 Å². The normalized spacial score (nSPS) is 18.3. The van der Waals surface area contributed by atoms with E-state index in [0.29, 0.717) is 37.9 Å². The Morgan fingerprint density at radius 2 is 2.07 bits per heavy atom. The molecule has 1 saturated heterocycles. The highest BCUT2D eigenvalue weighted by atomic mass is 16.5. The zero-order valence-corrected chi connectivity index (χ0v) is 17.6. The monoisotopic (exact) mass is 409 g/mol. The maximum atomic E-state index is 12.9. The summed E-state index contributed by atoms with van der Waals surface area (Å²) in [7, 11) is 0. The first kappa shape index (κ1) is 20.4. The minimum absolute atomic E-state index is 0.109. The lowest BCUT2D eigenvalue weighted by molar-refractivity contribution is -0.133. The van der Waals surface area contributed by atoms with E-state index in [4.69, 9.17) is 9.26 Å². The Bertz CT molecular complexity index is 1010. The standard InChI is InChI=1S/C22H27N5O3/c1-15(2)27-12-18(29-14-21-24-16(3)30-25-21)11-26(13-22(27)28)10-17-8-9-23-20-7-5-4-6-19(17)20/h4-9,15,18H,10-14H2,1-3H3. The summed E-state index contributed by atoms with van der Waals surface area (Å²) in [5, 5.41) is 5.01. The number of amides is 1. The van der Waals surface area contributed by atoms with Gasteiger partial charge >= 0.3 is 0 Å². The van der Waals surface area contributed by atoms with Crippen molar-refractivity contribution in [2.45, 2.75) is 46.1 Å². The van der Waals surface area contributed by atoms with E-state index in [-0.39, 0.29) is 24.7 Å². The first-order chi connectivity index (χ1) is 14.5. The summed E-state index contributed by atoms with van der Waals surface area (Å²) in [5.41, 5.74) is 2.11. The number of rotatable bonds is 6. The van der Waals surface area contributed by atoms with Crippen LogP contribution in [0.4, 0.5) is 0 Å². The second kappa shape index (κ2) is 8.89. The third kappa shape index (κ3) is 4.66. The van der Waals surface area contributed by atoms with Crippen LogP contribution in [-0.4, -0.2) is 62.6 Å². The molecule has 1 atom stereocenters. The number of carbonyl (C=O) groups is 1. The Morgan fingerprint density at radius 1 is 1.23 bits per heavy atom. The second-order valence-corrected chi connectivity index (χ2v) is 7.96. The third-order valence-corrected chi connectivity index (χ3v) is 5.32. The lowest BCUT2D eigenvalue weighted by Crippen LogP contribution is -2.42. The number of hydrogen-bond donors (Lipinski definition) is 0. The molecule has 0 aliphatic carbocycles. The minimum Gasteiger partial charge on any atom is -0.367 e. The van der Waals surface area contributed by atoms with Gasteiger partial charge in [0.1, 0.15) is 6.61 Å². The van der Waals surface area contributed by atoms with Gasteiger partial charge in [-0.3, -0.25) is 14.7 Å². The van der Waals surface area contributed by atoms with Crippen LogP contribution < -0.4 is 0 Å². The predicted molar refractivity (Wildman–Crippen MR) is 111 cm³/mol. The average Bonchev–Trinajstić information content (AvgIpc) is 3.07. The molecule has 1 unspecified atom stereocenters. The van der Waals surface area contributed by atoms with Gasteiger partial charge in [-0.1, -0.05) is 23.4 Å². The fraction of sp³-hybridized carbons (Fsp3) is 0.455. The predicted octanol–water partition coefficient (Wildman–Crippen LogP) is 2.56. The molecule has 1 aliphatic heterocycles. The van der Waals surface area contributed by atoms with E-state index in [1.807, 2.05) is 49.2 Å². The molecule has 0 spiro atoms. The summed E-state index contributed by atoms with van der Waals surface area (Å²) in [6, 6.07) is 10.2. The quantitative estimate of drug-likeness (QED) is 0.619. The van der Waals surface area contributed by atoms with E-state index >= 15 is 0 Å². The largest absolute Gasteiger partial charge is 0.367 e. The number of pyridine rings is 1. The van der Waals surface area contributed by atoms with Gasteiger partial charge in [0.15, 0.2) is 5.82 Å². The van der Waals surface area contributed by atoms with Crippen LogP contribution in [0.1, 0.15) is 31.1 Å². The molecule has 0 radical (unpaired) electrons. The third-order valence-electron chi connectivity index (χ3n) is 5.32. The fourth-order valence-corrected chi connectivity index (χ4v) is 3.86. The number of carbonyl (C=O) groups excluding carboxylic acids is 1. The van der Waals surface area contributed by atoms with E-state index < -0.39 is 0 Å². The highest BCUT2D eigenvalue weighted by Crippen LogP contribution is 2.20. The van der Waals surface area contributed by atoms with Crippen molar-refractivity contribution in [3.8, 4) is 0 Å². The van der Waals surface area contributed by atoms with Crippen molar-refractivity contribution < 1.29 is 14.1 Å². The minimum atomic E-state index is -0.147. The maximum Gasteiger partial charge on any atom is 0.237 e. The SMILES string of the molecule is Cc1nc(COC2CN(Cc3ccnc4ccccc34)CC(=O)N(C(C)C)C2)no1. The molecular formula is C22H27N5O3. The topological polar surface area (TPSA) is 84.6 Å². The Labute approximate surface area is 175 Å². The molecule has 3 heterocycles. The van der Waals surface area contributed by atoms with E-state index in [2.05, 4.69) is 26.1 Å². The van der Waals surface area contributed by atoms with Crippen LogP contribution in [0.15, 0.2) is 41.1 Å². The molecule has 0 bridgehead atoms. The van der Waals surface area contributed by atoms with Crippen molar-refractivity contribution in [3.05, 3.63) is 53.8 Å². The molecular weight excluding hydrogens is 382 g/mol. The molecule has 1 aliphatic rings. The number of benzene rings is 1. The van der Waals surface area contributed by atoms with E-state index in [9.17, 15) is 4.79 Å². The first-order valence-corrected chi connectivity index (χ1v) is 10.2. The maximum absolute atomic E-state index is 12.9. The summed E-state index contributed by atoms with van der Waals surface area (Å²) >= 11 is 0. The van der Waals surface area contributed by atoms with E-state index in [1.165, 1.54) is 0 Å². The van der Waals surface area contributed by atoms with Gasteiger partial charge in [-0.2, -0.15) is 4.98 Å². The molecule has 0 saturated carbocycles. The van der Waals surface area contributed by atoms with Gasteiger partial charge < -0.3 is 14.2 Å². The lowest BCUT2D eigenvalue weighted by Gasteiger charge is -2.27. The summed E-state index contributed by atoms with van der Waals surface area (Å²) in [6.45, 7) is 8.27. The molecule has 1 aromatic carbocycles. The number of ether oxygens (including phenoxy) is 1. The zero-order valence-electron chi connectivity index (χ0n) is 17.6. The molecule has 4 rings (SSSR count). The highest BCUT2D eigenvalue weighted by Gasteiger charge is 2.30. The van der Waals surface area contributed by atoms with Crippen LogP contribution in [0.2, 0.25) is 0 Å². The Balaban J connectivity index is 1.53. The van der Waals surface area contributed by atoms with Gasteiger partial charge in [0.2, 0.25) is 11.8 Å². The van der Waals surface area contributed by atoms with Crippen LogP contribution in [-0.2, 0) is 22.7 Å². The van der Waals surface area contributed by atoms with Crippen LogP contribution >= 0.6 is 0 Å². The molecule has 30 heavy (non-hydrogen) atoms. The Morgan fingerprint density at radius 3 is 2.83 bits per heavy atom. The first-order valence-electron chi connectivity index (χ1n) is 10.2. The second-order valence-electron chi connectivity index (χ2n) is 7.96. The molecule has 8 heteroatoms. The number of aryl methyl sites for hydroxylation is 1. The molecule has 158 valence electrons. The van der Waals surface area contributed by atoms with Gasteiger partial charge in [-0.25, -0.2) is 0 Å². The number of nitrogens with zero attached hydrogens (tertiary/aromatic N) is 5. The van der Waals surface area contributed by atoms with E-state index in [1.54, 1.807) is 6.92 Å². The Kier molecular flexibility index (Phi) is 6.06. The van der Waals surface area contributed by atoms with Crippen molar-refractivity contribution in [1.82, 2.24) is 24.9 Å². The Hall–Kier alpha value is -2.84. The van der Waals surface area contributed by atoms with Crippen molar-refractivity contribution in [2.24, 2.45) is 0 Å². The summed E-state index contributed by atoms with van der Waals surface area (Å²) in [6.07, 6.45) is 1.68.